The van der Waals surface area contributed by atoms with Crippen LogP contribution in [0.5, 0.6) is 0 Å². The Labute approximate surface area is 109 Å². The Balaban J connectivity index is 1.78. The minimum atomic E-state index is 0.161. The van der Waals surface area contributed by atoms with Gasteiger partial charge in [-0.15, -0.1) is 11.3 Å². The van der Waals surface area contributed by atoms with Crippen molar-refractivity contribution < 1.29 is 5.11 Å². The third-order valence-corrected chi connectivity index (χ3v) is 5.12. The van der Waals surface area contributed by atoms with Gasteiger partial charge in [0.25, 0.3) is 0 Å². The molecule has 0 radical (unpaired) electrons. The Morgan fingerprint density at radius 3 is 2.75 bits per heavy atom. The zero-order valence-electron chi connectivity index (χ0n) is 9.34. The molecule has 2 rings (SSSR count). The van der Waals surface area contributed by atoms with Gasteiger partial charge in [0.05, 0.1) is 0 Å². The number of aliphatic hydroxyl groups excluding tert-OH is 1. The highest BCUT2D eigenvalue weighted by Gasteiger charge is 2.32. The van der Waals surface area contributed by atoms with Gasteiger partial charge in [0.15, 0.2) is 0 Å². The summed E-state index contributed by atoms with van der Waals surface area (Å²) in [4.78, 5) is 1.35. The van der Waals surface area contributed by atoms with E-state index in [1.165, 1.54) is 30.6 Å². The molecule has 0 spiro atoms. The standard InChI is InChI=1S/C12H18BrNOS/c13-10-5-11(16-7-10)6-14-8-12(9-15)3-1-2-4-12/h5,7,14-15H,1-4,6,8-9H2. The molecule has 4 heteroatoms. The normalized spacial score (nSPS) is 19.1. The highest BCUT2D eigenvalue weighted by molar-refractivity contribution is 9.10. The second-order valence-electron chi connectivity index (χ2n) is 4.70. The highest BCUT2D eigenvalue weighted by Crippen LogP contribution is 2.37. The molecule has 1 heterocycles. The van der Waals surface area contributed by atoms with E-state index in [0.717, 1.165) is 17.6 Å². The zero-order valence-corrected chi connectivity index (χ0v) is 11.7. The lowest BCUT2D eigenvalue weighted by Gasteiger charge is -2.26. The fourth-order valence-electron chi connectivity index (χ4n) is 2.41. The summed E-state index contributed by atoms with van der Waals surface area (Å²) in [6.07, 6.45) is 4.88. The molecule has 90 valence electrons. The van der Waals surface area contributed by atoms with Crippen LogP contribution in [0.15, 0.2) is 15.9 Å². The Kier molecular flexibility index (Phi) is 4.41. The lowest BCUT2D eigenvalue weighted by atomic mass is 9.87. The predicted octanol–water partition coefficient (Wildman–Crippen LogP) is 3.15. The fourth-order valence-corrected chi connectivity index (χ4v) is 3.83. The third-order valence-electron chi connectivity index (χ3n) is 3.42. The number of rotatable bonds is 5. The van der Waals surface area contributed by atoms with Crippen molar-refractivity contribution in [2.24, 2.45) is 5.41 Å². The summed E-state index contributed by atoms with van der Waals surface area (Å²) < 4.78 is 1.16. The molecule has 0 amide bonds. The van der Waals surface area contributed by atoms with Gasteiger partial charge in [-0.1, -0.05) is 12.8 Å². The molecule has 0 unspecified atom stereocenters. The van der Waals surface area contributed by atoms with Gasteiger partial charge in [-0.05, 0) is 34.8 Å². The molecule has 1 aliphatic carbocycles. The summed E-state index contributed by atoms with van der Waals surface area (Å²) in [6, 6.07) is 2.15. The van der Waals surface area contributed by atoms with Gasteiger partial charge in [-0.3, -0.25) is 0 Å². The smallest absolute Gasteiger partial charge is 0.0499 e. The van der Waals surface area contributed by atoms with Gasteiger partial charge in [-0.2, -0.15) is 0 Å². The molecule has 1 saturated carbocycles. The van der Waals surface area contributed by atoms with E-state index in [1.54, 1.807) is 11.3 Å². The maximum absolute atomic E-state index is 9.47. The minimum Gasteiger partial charge on any atom is -0.396 e. The van der Waals surface area contributed by atoms with E-state index in [4.69, 9.17) is 0 Å². The molecule has 0 atom stereocenters. The molecular formula is C12H18BrNOS. The van der Waals surface area contributed by atoms with Gasteiger partial charge in [0.2, 0.25) is 0 Å². The number of aliphatic hydroxyl groups is 1. The van der Waals surface area contributed by atoms with Crippen LogP contribution in [0.4, 0.5) is 0 Å². The van der Waals surface area contributed by atoms with Crippen molar-refractivity contribution in [1.29, 1.82) is 0 Å². The lowest BCUT2D eigenvalue weighted by Crippen LogP contribution is -2.34. The maximum atomic E-state index is 9.47. The topological polar surface area (TPSA) is 32.3 Å². The second kappa shape index (κ2) is 5.63. The lowest BCUT2D eigenvalue weighted by molar-refractivity contribution is 0.128. The van der Waals surface area contributed by atoms with Crippen LogP contribution in [0, 0.1) is 5.41 Å². The van der Waals surface area contributed by atoms with Crippen molar-refractivity contribution >= 4 is 27.3 Å². The molecule has 1 fully saturated rings. The van der Waals surface area contributed by atoms with E-state index in [9.17, 15) is 5.11 Å². The van der Waals surface area contributed by atoms with Crippen molar-refractivity contribution in [3.8, 4) is 0 Å². The van der Waals surface area contributed by atoms with E-state index in [-0.39, 0.29) is 5.41 Å². The highest BCUT2D eigenvalue weighted by atomic mass is 79.9. The summed E-state index contributed by atoms with van der Waals surface area (Å²) in [5.41, 5.74) is 0.161. The van der Waals surface area contributed by atoms with E-state index in [1.807, 2.05) is 0 Å². The first-order valence-electron chi connectivity index (χ1n) is 5.79. The van der Waals surface area contributed by atoms with Crippen LogP contribution in [-0.4, -0.2) is 18.3 Å². The molecule has 1 aromatic heterocycles. The van der Waals surface area contributed by atoms with Crippen LogP contribution in [0.2, 0.25) is 0 Å². The fraction of sp³-hybridized carbons (Fsp3) is 0.667. The van der Waals surface area contributed by atoms with Crippen LogP contribution in [0.1, 0.15) is 30.6 Å². The molecule has 1 aromatic rings. The number of hydrogen-bond donors (Lipinski definition) is 2. The van der Waals surface area contributed by atoms with E-state index in [0.29, 0.717) is 6.61 Å². The molecule has 1 aliphatic rings. The molecular weight excluding hydrogens is 286 g/mol. The molecule has 2 N–H and O–H groups in total. The summed E-state index contributed by atoms with van der Waals surface area (Å²) in [5, 5.41) is 15.1. The average Bonchev–Trinajstić information content (AvgIpc) is 2.89. The van der Waals surface area contributed by atoms with Crippen molar-refractivity contribution in [3.63, 3.8) is 0 Å². The first kappa shape index (κ1) is 12.6. The molecule has 16 heavy (non-hydrogen) atoms. The Hall–Kier alpha value is 0.1000. The SMILES string of the molecule is OCC1(CNCc2cc(Br)cs2)CCCC1. The van der Waals surface area contributed by atoms with Crippen LogP contribution in [0.25, 0.3) is 0 Å². The summed E-state index contributed by atoms with van der Waals surface area (Å²) in [5.74, 6) is 0. The minimum absolute atomic E-state index is 0.161. The number of thiophene rings is 1. The van der Waals surface area contributed by atoms with E-state index < -0.39 is 0 Å². The quantitative estimate of drug-likeness (QED) is 0.876. The molecule has 0 aromatic carbocycles. The van der Waals surface area contributed by atoms with Crippen LogP contribution in [-0.2, 0) is 6.54 Å². The monoisotopic (exact) mass is 303 g/mol. The Morgan fingerprint density at radius 1 is 1.44 bits per heavy atom. The van der Waals surface area contributed by atoms with Crippen molar-refractivity contribution in [2.45, 2.75) is 32.2 Å². The van der Waals surface area contributed by atoms with Crippen LogP contribution < -0.4 is 5.32 Å². The average molecular weight is 304 g/mol. The maximum Gasteiger partial charge on any atom is 0.0499 e. The van der Waals surface area contributed by atoms with Gasteiger partial charge < -0.3 is 10.4 Å². The van der Waals surface area contributed by atoms with Crippen molar-refractivity contribution in [3.05, 3.63) is 20.8 Å². The van der Waals surface area contributed by atoms with Gasteiger partial charge in [0.1, 0.15) is 0 Å². The summed E-state index contributed by atoms with van der Waals surface area (Å²) in [7, 11) is 0. The molecule has 2 nitrogen and oxygen atoms in total. The number of halogens is 1. The molecule has 0 bridgehead atoms. The van der Waals surface area contributed by atoms with Gasteiger partial charge in [0, 0.05) is 39.8 Å². The first-order valence-corrected chi connectivity index (χ1v) is 7.46. The second-order valence-corrected chi connectivity index (χ2v) is 6.61. The van der Waals surface area contributed by atoms with Crippen LogP contribution in [0.3, 0.4) is 0 Å². The zero-order chi connectivity index (χ0) is 11.4. The van der Waals surface area contributed by atoms with Gasteiger partial charge in [-0.25, -0.2) is 0 Å². The van der Waals surface area contributed by atoms with Crippen molar-refractivity contribution in [2.75, 3.05) is 13.2 Å². The Morgan fingerprint density at radius 2 is 2.19 bits per heavy atom. The molecule has 0 saturated heterocycles. The third kappa shape index (κ3) is 3.06. The number of hydrogen-bond acceptors (Lipinski definition) is 3. The van der Waals surface area contributed by atoms with E-state index in [2.05, 4.69) is 32.7 Å². The summed E-state index contributed by atoms with van der Waals surface area (Å²) in [6.45, 7) is 2.19. The molecule has 0 aliphatic heterocycles. The Bertz CT molecular complexity index is 334. The van der Waals surface area contributed by atoms with E-state index >= 15 is 0 Å². The number of nitrogens with one attached hydrogen (secondary N) is 1. The summed E-state index contributed by atoms with van der Waals surface area (Å²) >= 11 is 5.22. The van der Waals surface area contributed by atoms with Crippen molar-refractivity contribution in [1.82, 2.24) is 5.32 Å². The first-order chi connectivity index (χ1) is 7.74. The predicted molar refractivity (Wildman–Crippen MR) is 71.7 cm³/mol. The van der Waals surface area contributed by atoms with Gasteiger partial charge >= 0.3 is 0 Å². The largest absolute Gasteiger partial charge is 0.396 e. The van der Waals surface area contributed by atoms with Crippen LogP contribution >= 0.6 is 27.3 Å².